The van der Waals surface area contributed by atoms with Crippen molar-refractivity contribution >= 4 is 0 Å². The lowest BCUT2D eigenvalue weighted by molar-refractivity contribution is 0.961. The summed E-state index contributed by atoms with van der Waals surface area (Å²) in [5.74, 6) is 0.245. The Kier molecular flexibility index (Phi) is 2.87. The SMILES string of the molecule is C=CC(C)c1cc(C)ccc1C#N. The molecule has 0 aliphatic heterocycles. The van der Waals surface area contributed by atoms with Crippen LogP contribution in [0.1, 0.15) is 29.5 Å². The largest absolute Gasteiger partial charge is 0.192 e. The van der Waals surface area contributed by atoms with Gasteiger partial charge in [-0.25, -0.2) is 0 Å². The Labute approximate surface area is 79.3 Å². The van der Waals surface area contributed by atoms with E-state index in [1.54, 1.807) is 0 Å². The number of benzene rings is 1. The summed E-state index contributed by atoms with van der Waals surface area (Å²) in [6.45, 7) is 7.81. The van der Waals surface area contributed by atoms with Gasteiger partial charge in [-0.15, -0.1) is 6.58 Å². The van der Waals surface area contributed by atoms with E-state index in [1.165, 1.54) is 5.56 Å². The van der Waals surface area contributed by atoms with Gasteiger partial charge >= 0.3 is 0 Å². The van der Waals surface area contributed by atoms with Gasteiger partial charge in [-0.1, -0.05) is 30.7 Å². The Morgan fingerprint density at radius 1 is 1.54 bits per heavy atom. The number of rotatable bonds is 2. The predicted octanol–water partition coefficient (Wildman–Crippen LogP) is 3.16. The molecule has 0 amide bonds. The second kappa shape index (κ2) is 3.91. The Balaban J connectivity index is 3.25. The summed E-state index contributed by atoms with van der Waals surface area (Å²) < 4.78 is 0. The van der Waals surface area contributed by atoms with E-state index in [9.17, 15) is 0 Å². The summed E-state index contributed by atoms with van der Waals surface area (Å²) in [5, 5.41) is 8.87. The van der Waals surface area contributed by atoms with Crippen LogP contribution in [0.3, 0.4) is 0 Å². The number of hydrogen-bond acceptors (Lipinski definition) is 1. The van der Waals surface area contributed by atoms with Crippen LogP contribution in [-0.2, 0) is 0 Å². The second-order valence-corrected chi connectivity index (χ2v) is 3.23. The van der Waals surface area contributed by atoms with Gasteiger partial charge < -0.3 is 0 Å². The highest BCUT2D eigenvalue weighted by molar-refractivity contribution is 5.43. The lowest BCUT2D eigenvalue weighted by Gasteiger charge is -2.09. The average molecular weight is 171 g/mol. The molecule has 1 aromatic rings. The molecule has 0 radical (unpaired) electrons. The molecule has 0 bridgehead atoms. The van der Waals surface area contributed by atoms with E-state index < -0.39 is 0 Å². The molecular weight excluding hydrogens is 158 g/mol. The molecule has 0 fully saturated rings. The maximum absolute atomic E-state index is 8.87. The lowest BCUT2D eigenvalue weighted by Crippen LogP contribution is -1.94. The third-order valence-electron chi connectivity index (χ3n) is 2.17. The molecule has 1 atom stereocenters. The van der Waals surface area contributed by atoms with Crippen LogP contribution >= 0.6 is 0 Å². The van der Waals surface area contributed by atoms with Gasteiger partial charge in [0.15, 0.2) is 0 Å². The van der Waals surface area contributed by atoms with Gasteiger partial charge in [-0.3, -0.25) is 0 Å². The summed E-state index contributed by atoms with van der Waals surface area (Å²) in [7, 11) is 0. The first-order valence-electron chi connectivity index (χ1n) is 4.32. The Hall–Kier alpha value is -1.55. The number of hydrogen-bond donors (Lipinski definition) is 0. The minimum atomic E-state index is 0.245. The summed E-state index contributed by atoms with van der Waals surface area (Å²) in [5.41, 5.74) is 3.00. The van der Waals surface area contributed by atoms with Crippen molar-refractivity contribution in [3.05, 3.63) is 47.5 Å². The molecule has 0 aliphatic rings. The Bertz CT molecular complexity index is 358. The number of aryl methyl sites for hydroxylation is 1. The van der Waals surface area contributed by atoms with Crippen LogP contribution in [0.4, 0.5) is 0 Å². The van der Waals surface area contributed by atoms with Gasteiger partial charge in [-0.2, -0.15) is 5.26 Å². The van der Waals surface area contributed by atoms with E-state index in [0.717, 1.165) is 11.1 Å². The average Bonchev–Trinajstić information content (AvgIpc) is 2.16. The van der Waals surface area contributed by atoms with Crippen molar-refractivity contribution in [3.63, 3.8) is 0 Å². The van der Waals surface area contributed by atoms with Crippen LogP contribution in [0.25, 0.3) is 0 Å². The minimum absolute atomic E-state index is 0.245. The van der Waals surface area contributed by atoms with Crippen molar-refractivity contribution in [2.75, 3.05) is 0 Å². The molecule has 13 heavy (non-hydrogen) atoms. The first-order chi connectivity index (χ1) is 6.19. The van der Waals surface area contributed by atoms with Crippen molar-refractivity contribution in [2.45, 2.75) is 19.8 Å². The fourth-order valence-corrected chi connectivity index (χ4v) is 1.29. The first kappa shape index (κ1) is 9.54. The molecule has 0 saturated heterocycles. The highest BCUT2D eigenvalue weighted by atomic mass is 14.2. The second-order valence-electron chi connectivity index (χ2n) is 3.23. The molecule has 1 unspecified atom stereocenters. The smallest absolute Gasteiger partial charge is 0.0994 e. The summed E-state index contributed by atoms with van der Waals surface area (Å²) >= 11 is 0. The lowest BCUT2D eigenvalue weighted by atomic mass is 9.95. The maximum atomic E-state index is 8.87. The Morgan fingerprint density at radius 2 is 2.23 bits per heavy atom. The molecule has 0 N–H and O–H groups in total. The Morgan fingerprint density at radius 3 is 2.77 bits per heavy atom. The van der Waals surface area contributed by atoms with E-state index in [1.807, 2.05) is 38.1 Å². The van der Waals surface area contributed by atoms with Crippen molar-refractivity contribution < 1.29 is 0 Å². The third-order valence-corrected chi connectivity index (χ3v) is 2.17. The third kappa shape index (κ3) is 1.97. The quantitative estimate of drug-likeness (QED) is 0.627. The van der Waals surface area contributed by atoms with Crippen molar-refractivity contribution in [1.29, 1.82) is 5.26 Å². The molecule has 1 heteroatoms. The molecule has 0 aromatic heterocycles. The summed E-state index contributed by atoms with van der Waals surface area (Å²) in [6.07, 6.45) is 1.86. The van der Waals surface area contributed by atoms with E-state index in [0.29, 0.717) is 0 Å². The monoisotopic (exact) mass is 171 g/mol. The van der Waals surface area contributed by atoms with Crippen LogP contribution in [-0.4, -0.2) is 0 Å². The number of nitrogens with zero attached hydrogens (tertiary/aromatic N) is 1. The van der Waals surface area contributed by atoms with Gasteiger partial charge in [0, 0.05) is 5.92 Å². The standard InChI is InChI=1S/C12H13N/c1-4-10(3)12-7-9(2)5-6-11(12)8-13/h4-7,10H,1H2,2-3H3. The normalized spacial score (nSPS) is 11.8. The zero-order valence-corrected chi connectivity index (χ0v) is 8.04. The molecule has 1 nitrogen and oxygen atoms in total. The van der Waals surface area contributed by atoms with Crippen LogP contribution in [0.5, 0.6) is 0 Å². The maximum Gasteiger partial charge on any atom is 0.0994 e. The molecule has 0 saturated carbocycles. The molecule has 0 aliphatic carbocycles. The molecule has 0 heterocycles. The predicted molar refractivity (Wildman–Crippen MR) is 54.5 cm³/mol. The topological polar surface area (TPSA) is 23.8 Å². The van der Waals surface area contributed by atoms with Crippen molar-refractivity contribution in [3.8, 4) is 6.07 Å². The summed E-state index contributed by atoms with van der Waals surface area (Å²) in [6, 6.07) is 8.06. The number of allylic oxidation sites excluding steroid dienone is 1. The van der Waals surface area contributed by atoms with E-state index in [2.05, 4.69) is 12.6 Å². The van der Waals surface area contributed by atoms with E-state index in [4.69, 9.17) is 5.26 Å². The minimum Gasteiger partial charge on any atom is -0.192 e. The molecular formula is C12H13N. The van der Waals surface area contributed by atoms with Crippen molar-refractivity contribution in [2.24, 2.45) is 0 Å². The zero-order valence-electron chi connectivity index (χ0n) is 8.04. The highest BCUT2D eigenvalue weighted by Gasteiger charge is 2.06. The fraction of sp³-hybridized carbons (Fsp3) is 0.250. The van der Waals surface area contributed by atoms with Gasteiger partial charge in [0.1, 0.15) is 0 Å². The van der Waals surface area contributed by atoms with E-state index in [-0.39, 0.29) is 5.92 Å². The van der Waals surface area contributed by atoms with Gasteiger partial charge in [0.25, 0.3) is 0 Å². The van der Waals surface area contributed by atoms with Gasteiger partial charge in [0.2, 0.25) is 0 Å². The first-order valence-corrected chi connectivity index (χ1v) is 4.32. The van der Waals surface area contributed by atoms with Gasteiger partial charge in [0.05, 0.1) is 11.6 Å². The van der Waals surface area contributed by atoms with Gasteiger partial charge in [-0.05, 0) is 18.6 Å². The summed E-state index contributed by atoms with van der Waals surface area (Å²) in [4.78, 5) is 0. The van der Waals surface area contributed by atoms with Crippen LogP contribution in [0, 0.1) is 18.3 Å². The van der Waals surface area contributed by atoms with Crippen molar-refractivity contribution in [1.82, 2.24) is 0 Å². The molecule has 1 rings (SSSR count). The van der Waals surface area contributed by atoms with Crippen LogP contribution < -0.4 is 0 Å². The zero-order chi connectivity index (χ0) is 9.84. The molecule has 1 aromatic carbocycles. The molecule has 0 spiro atoms. The molecule has 66 valence electrons. The van der Waals surface area contributed by atoms with Crippen LogP contribution in [0.2, 0.25) is 0 Å². The number of nitriles is 1. The highest BCUT2D eigenvalue weighted by Crippen LogP contribution is 2.21. The van der Waals surface area contributed by atoms with E-state index >= 15 is 0 Å². The van der Waals surface area contributed by atoms with Crippen LogP contribution in [0.15, 0.2) is 30.9 Å². The fourth-order valence-electron chi connectivity index (χ4n) is 1.29.